The molecule has 0 aliphatic carbocycles. The molecular weight excluding hydrogens is 345 g/mol. The molecule has 0 bridgehead atoms. The molecule has 3 heterocycles. The fraction of sp³-hybridized carbons (Fsp3) is 0.150. The number of aliphatic hydroxyl groups excluding tert-OH is 1. The Hall–Kier alpha value is -3.50. The van der Waals surface area contributed by atoms with Gasteiger partial charge >= 0.3 is 0 Å². The Morgan fingerprint density at radius 2 is 1.89 bits per heavy atom. The molecule has 0 saturated heterocycles. The summed E-state index contributed by atoms with van der Waals surface area (Å²) in [4.78, 5) is 12.2. The maximum Gasteiger partial charge on any atom is 0.254 e. The Morgan fingerprint density at radius 3 is 2.59 bits per heavy atom. The van der Waals surface area contributed by atoms with Crippen molar-refractivity contribution in [3.05, 3.63) is 72.4 Å². The van der Waals surface area contributed by atoms with Crippen molar-refractivity contribution in [3.63, 3.8) is 0 Å². The van der Waals surface area contributed by atoms with E-state index < -0.39 is 6.10 Å². The first-order chi connectivity index (χ1) is 13.1. The van der Waals surface area contributed by atoms with Crippen LogP contribution in [-0.2, 0) is 6.54 Å². The lowest BCUT2D eigenvalue weighted by atomic mass is 10.1. The molecule has 0 saturated carbocycles. The molecule has 0 aliphatic heterocycles. The van der Waals surface area contributed by atoms with E-state index in [1.54, 1.807) is 29.8 Å². The molecule has 4 rings (SSSR count). The third-order valence-corrected chi connectivity index (χ3v) is 4.29. The lowest BCUT2D eigenvalue weighted by Gasteiger charge is -2.12. The van der Waals surface area contributed by atoms with Crippen LogP contribution in [0.3, 0.4) is 0 Å². The van der Waals surface area contributed by atoms with Crippen LogP contribution < -0.4 is 0 Å². The molecule has 1 atom stereocenters. The van der Waals surface area contributed by atoms with Gasteiger partial charge in [-0.05, 0) is 37.3 Å². The van der Waals surface area contributed by atoms with E-state index in [-0.39, 0.29) is 5.82 Å². The number of rotatable bonds is 4. The molecule has 3 aromatic heterocycles. The van der Waals surface area contributed by atoms with Gasteiger partial charge in [-0.2, -0.15) is 0 Å². The number of imidazole rings is 2. The van der Waals surface area contributed by atoms with Crippen LogP contribution in [0.4, 0.5) is 10.2 Å². The summed E-state index contributed by atoms with van der Waals surface area (Å²) in [5.41, 5.74) is 3.73. The fourth-order valence-electron chi connectivity index (χ4n) is 3.12. The van der Waals surface area contributed by atoms with E-state index in [2.05, 4.69) is 14.8 Å². The summed E-state index contributed by atoms with van der Waals surface area (Å²) in [7, 11) is 0. The number of hydrogen-bond acceptors (Lipinski definition) is 3. The molecule has 134 valence electrons. The number of nitrogens with zero attached hydrogens (tertiary/aromatic N) is 5. The average molecular weight is 361 g/mol. The van der Waals surface area contributed by atoms with Crippen molar-refractivity contribution in [1.82, 2.24) is 18.9 Å². The number of pyridine rings is 1. The van der Waals surface area contributed by atoms with Gasteiger partial charge in [0.25, 0.3) is 5.82 Å². The number of aliphatic hydroxyl groups is 1. The van der Waals surface area contributed by atoms with Gasteiger partial charge in [-0.3, -0.25) is 0 Å². The molecule has 0 fully saturated rings. The van der Waals surface area contributed by atoms with Gasteiger partial charge in [0.2, 0.25) is 5.65 Å². The third-order valence-electron chi connectivity index (χ3n) is 4.29. The van der Waals surface area contributed by atoms with E-state index in [0.717, 1.165) is 16.8 Å². The van der Waals surface area contributed by atoms with Crippen LogP contribution in [0.5, 0.6) is 0 Å². The molecule has 0 aliphatic rings. The summed E-state index contributed by atoms with van der Waals surface area (Å²) >= 11 is 0. The second kappa shape index (κ2) is 6.67. The van der Waals surface area contributed by atoms with E-state index in [4.69, 9.17) is 6.57 Å². The summed E-state index contributed by atoms with van der Waals surface area (Å²) in [6.45, 7) is 9.37. The van der Waals surface area contributed by atoms with Gasteiger partial charge in [0.05, 0.1) is 36.2 Å². The molecule has 0 unspecified atom stereocenters. The molecule has 0 amide bonds. The second-order valence-electron chi connectivity index (χ2n) is 6.32. The summed E-state index contributed by atoms with van der Waals surface area (Å²) < 4.78 is 16.9. The van der Waals surface area contributed by atoms with E-state index in [0.29, 0.717) is 23.7 Å². The van der Waals surface area contributed by atoms with Crippen molar-refractivity contribution in [2.75, 3.05) is 0 Å². The molecule has 1 N–H and O–H groups in total. The quantitative estimate of drug-likeness (QED) is 0.560. The van der Waals surface area contributed by atoms with Gasteiger partial charge in [-0.25, -0.2) is 18.8 Å². The smallest absolute Gasteiger partial charge is 0.254 e. The summed E-state index contributed by atoms with van der Waals surface area (Å²) in [5, 5.41) is 9.86. The fourth-order valence-corrected chi connectivity index (χ4v) is 3.12. The predicted octanol–water partition coefficient (Wildman–Crippen LogP) is 3.94. The Morgan fingerprint density at radius 1 is 1.15 bits per heavy atom. The molecule has 0 radical (unpaired) electrons. The highest BCUT2D eigenvalue weighted by Crippen LogP contribution is 2.32. The van der Waals surface area contributed by atoms with Crippen molar-refractivity contribution in [2.24, 2.45) is 0 Å². The van der Waals surface area contributed by atoms with Crippen LogP contribution in [0.1, 0.15) is 6.92 Å². The number of halogens is 1. The van der Waals surface area contributed by atoms with E-state index >= 15 is 0 Å². The monoisotopic (exact) mass is 361 g/mol. The van der Waals surface area contributed by atoms with Crippen molar-refractivity contribution < 1.29 is 9.50 Å². The van der Waals surface area contributed by atoms with Crippen LogP contribution in [0.15, 0.2) is 55.1 Å². The second-order valence-corrected chi connectivity index (χ2v) is 6.32. The number of fused-ring (bicyclic) bond motifs is 1. The van der Waals surface area contributed by atoms with Gasteiger partial charge in [0, 0.05) is 23.7 Å². The normalized spacial score (nSPS) is 12.2. The Labute approximate surface area is 155 Å². The first-order valence-corrected chi connectivity index (χ1v) is 8.41. The van der Waals surface area contributed by atoms with Gasteiger partial charge < -0.3 is 14.5 Å². The zero-order valence-electron chi connectivity index (χ0n) is 14.5. The van der Waals surface area contributed by atoms with E-state index in [9.17, 15) is 9.50 Å². The van der Waals surface area contributed by atoms with Gasteiger partial charge in [0.15, 0.2) is 0 Å². The van der Waals surface area contributed by atoms with Crippen molar-refractivity contribution in [3.8, 4) is 22.5 Å². The highest BCUT2D eigenvalue weighted by molar-refractivity contribution is 5.79. The minimum absolute atomic E-state index is 0.315. The highest BCUT2D eigenvalue weighted by Gasteiger charge is 2.18. The molecule has 0 spiro atoms. The topological polar surface area (TPSA) is 59.7 Å². The predicted molar refractivity (Wildman–Crippen MR) is 99.7 cm³/mol. The van der Waals surface area contributed by atoms with Crippen molar-refractivity contribution >= 4 is 11.5 Å². The summed E-state index contributed by atoms with van der Waals surface area (Å²) in [6, 6.07) is 9.87. The van der Waals surface area contributed by atoms with Gasteiger partial charge in [-0.15, -0.1) is 0 Å². The molecule has 27 heavy (non-hydrogen) atoms. The van der Waals surface area contributed by atoms with Crippen LogP contribution in [-0.4, -0.2) is 30.1 Å². The standard InChI is InChI=1S/C20H16FN5O/c1-13(27)10-25-12-24-19(14-3-6-16(21)7-4-14)20(25)15-5-8-17-23-9-18(22-2)26(17)11-15/h3-9,11-13,27H,10H2,1H3/t13-/m1/s1. The Kier molecular flexibility index (Phi) is 4.18. The zero-order valence-corrected chi connectivity index (χ0v) is 14.5. The maximum atomic E-state index is 13.3. The molecule has 7 heteroatoms. The van der Waals surface area contributed by atoms with Crippen LogP contribution >= 0.6 is 0 Å². The van der Waals surface area contributed by atoms with Gasteiger partial charge in [-0.1, -0.05) is 6.57 Å². The van der Waals surface area contributed by atoms with Crippen molar-refractivity contribution in [1.29, 1.82) is 0 Å². The van der Waals surface area contributed by atoms with Gasteiger partial charge in [0.1, 0.15) is 5.82 Å². The first-order valence-electron chi connectivity index (χ1n) is 8.41. The summed E-state index contributed by atoms with van der Waals surface area (Å²) in [6.07, 6.45) is 4.46. The van der Waals surface area contributed by atoms with Crippen LogP contribution in [0.25, 0.3) is 33.0 Å². The number of hydrogen-bond donors (Lipinski definition) is 1. The lowest BCUT2D eigenvalue weighted by molar-refractivity contribution is 0.174. The van der Waals surface area contributed by atoms with E-state index in [1.165, 1.54) is 18.3 Å². The molecule has 6 nitrogen and oxygen atoms in total. The molecular formula is C20H16FN5O. The summed E-state index contributed by atoms with van der Waals surface area (Å²) in [5.74, 6) is 0.0991. The minimum atomic E-state index is -0.560. The SMILES string of the molecule is [C-]#[N+]c1cnc2ccc(-c3c(-c4ccc(F)cc4)ncn3C[C@@H](C)O)cn12. The average Bonchev–Trinajstić information content (AvgIpc) is 3.25. The third kappa shape index (κ3) is 3.07. The van der Waals surface area contributed by atoms with E-state index in [1.807, 2.05) is 22.9 Å². The Balaban J connectivity index is 1.93. The zero-order chi connectivity index (χ0) is 19.0. The Bertz CT molecular complexity index is 1150. The number of benzene rings is 1. The molecule has 4 aromatic rings. The largest absolute Gasteiger partial charge is 0.392 e. The van der Waals surface area contributed by atoms with Crippen LogP contribution in [0.2, 0.25) is 0 Å². The first kappa shape index (κ1) is 16.9. The lowest BCUT2D eigenvalue weighted by Crippen LogP contribution is -2.12. The highest BCUT2D eigenvalue weighted by atomic mass is 19.1. The minimum Gasteiger partial charge on any atom is -0.392 e. The maximum absolute atomic E-state index is 13.3. The van der Waals surface area contributed by atoms with Crippen molar-refractivity contribution in [2.45, 2.75) is 19.6 Å². The van der Waals surface area contributed by atoms with Crippen LogP contribution in [0, 0.1) is 12.4 Å². The number of aromatic nitrogens is 4. The molecule has 1 aromatic carbocycles.